The Kier molecular flexibility index (Phi) is 9.45. The van der Waals surface area contributed by atoms with E-state index in [0.717, 1.165) is 0 Å². The fourth-order valence-electron chi connectivity index (χ4n) is 3.73. The Morgan fingerprint density at radius 3 is 1.62 bits per heavy atom. The van der Waals surface area contributed by atoms with Crippen molar-refractivity contribution < 1.29 is 40.1 Å². The third-order valence-corrected chi connectivity index (χ3v) is 5.69. The quantitative estimate of drug-likeness (QED) is 0.276. The highest BCUT2D eigenvalue weighted by molar-refractivity contribution is 5.46. The first-order valence-corrected chi connectivity index (χ1v) is 10.7. The molecule has 0 saturated carbocycles. The van der Waals surface area contributed by atoms with Gasteiger partial charge in [0.15, 0.2) is 0 Å². The molecule has 0 saturated heterocycles. The van der Waals surface area contributed by atoms with Gasteiger partial charge in [0, 0.05) is 5.41 Å². The number of benzene rings is 2. The lowest BCUT2D eigenvalue weighted by Gasteiger charge is -2.40. The molecular weight excluding hydrogens is 416 g/mol. The lowest BCUT2D eigenvalue weighted by Crippen LogP contribution is -2.55. The molecule has 0 radical (unpaired) electrons. The molecule has 8 nitrogen and oxygen atoms in total. The molecule has 0 aliphatic rings. The van der Waals surface area contributed by atoms with Gasteiger partial charge in [0.1, 0.15) is 35.9 Å². The number of hydrogen-bond donors (Lipinski definition) is 6. The van der Waals surface area contributed by atoms with E-state index in [2.05, 4.69) is 0 Å². The van der Waals surface area contributed by atoms with Crippen molar-refractivity contribution in [1.82, 2.24) is 0 Å². The summed E-state index contributed by atoms with van der Waals surface area (Å²) in [5, 5.41) is 61.3. The molecule has 0 bridgehead atoms. The number of hydrogen-bond acceptors (Lipinski definition) is 8. The van der Waals surface area contributed by atoms with Crippen LogP contribution < -0.4 is 9.47 Å². The second-order valence-electron chi connectivity index (χ2n) is 7.79. The zero-order chi connectivity index (χ0) is 23.9. The summed E-state index contributed by atoms with van der Waals surface area (Å²) in [6.45, 7) is 5.45. The summed E-state index contributed by atoms with van der Waals surface area (Å²) in [7, 11) is 0. The normalized spacial score (nSPS) is 16.7. The molecule has 8 heteroatoms. The Bertz CT molecular complexity index is 793. The van der Waals surface area contributed by atoms with Gasteiger partial charge >= 0.3 is 0 Å². The van der Waals surface area contributed by atoms with E-state index in [9.17, 15) is 25.5 Å². The van der Waals surface area contributed by atoms with E-state index in [0.29, 0.717) is 35.8 Å². The molecule has 2 rings (SSSR count). The first-order chi connectivity index (χ1) is 15.2. The summed E-state index contributed by atoms with van der Waals surface area (Å²) in [6, 6.07) is 14.0. The lowest BCUT2D eigenvalue weighted by atomic mass is 9.69. The van der Waals surface area contributed by atoms with Crippen molar-refractivity contribution in [2.45, 2.75) is 56.7 Å². The molecule has 0 aliphatic carbocycles. The summed E-state index contributed by atoms with van der Waals surface area (Å²) >= 11 is 0. The lowest BCUT2D eigenvalue weighted by molar-refractivity contribution is -0.148. The molecule has 0 aromatic heterocycles. The van der Waals surface area contributed by atoms with Crippen LogP contribution in [-0.4, -0.2) is 81.0 Å². The van der Waals surface area contributed by atoms with Gasteiger partial charge in [-0.1, -0.05) is 24.3 Å². The summed E-state index contributed by atoms with van der Waals surface area (Å²) in [5.41, 5.74) is -0.0917. The van der Waals surface area contributed by atoms with Gasteiger partial charge in [-0.05, 0) is 56.2 Å². The fourth-order valence-corrected chi connectivity index (χ4v) is 3.73. The van der Waals surface area contributed by atoms with Crippen LogP contribution in [0.15, 0.2) is 48.5 Å². The predicted octanol–water partition coefficient (Wildman–Crippen LogP) is 0.587. The van der Waals surface area contributed by atoms with Crippen molar-refractivity contribution >= 4 is 0 Å². The molecule has 1 unspecified atom stereocenters. The summed E-state index contributed by atoms with van der Waals surface area (Å²) in [6.07, 6.45) is -8.94. The van der Waals surface area contributed by atoms with E-state index in [-0.39, 0.29) is 0 Å². The van der Waals surface area contributed by atoms with Gasteiger partial charge in [0.25, 0.3) is 0 Å². The minimum atomic E-state index is -1.92. The van der Waals surface area contributed by atoms with Gasteiger partial charge in [0.05, 0.1) is 25.9 Å². The molecule has 0 heterocycles. The first-order valence-electron chi connectivity index (χ1n) is 10.7. The molecule has 2 aromatic rings. The summed E-state index contributed by atoms with van der Waals surface area (Å²) < 4.78 is 11.2. The van der Waals surface area contributed by atoms with E-state index in [1.165, 1.54) is 0 Å². The van der Waals surface area contributed by atoms with Crippen molar-refractivity contribution in [2.24, 2.45) is 0 Å². The SMILES string of the molecule is CCOc1cccc(C(C)(c2cccc(OCC)c2)C(O)[C@@H](O)[C@@H](O)[C@H](O)[C@@H](O)CO)c1. The Labute approximate surface area is 188 Å². The van der Waals surface area contributed by atoms with E-state index in [1.807, 2.05) is 13.8 Å². The second kappa shape index (κ2) is 11.6. The van der Waals surface area contributed by atoms with Crippen LogP contribution in [0.1, 0.15) is 31.9 Å². The highest BCUT2D eigenvalue weighted by atomic mass is 16.5. The molecule has 178 valence electrons. The van der Waals surface area contributed by atoms with Crippen molar-refractivity contribution in [2.75, 3.05) is 19.8 Å². The zero-order valence-electron chi connectivity index (χ0n) is 18.6. The number of rotatable bonds is 12. The third kappa shape index (κ3) is 5.58. The highest BCUT2D eigenvalue weighted by Crippen LogP contribution is 2.40. The van der Waals surface area contributed by atoms with Gasteiger partial charge in [-0.25, -0.2) is 0 Å². The van der Waals surface area contributed by atoms with Crippen LogP contribution in [0.2, 0.25) is 0 Å². The number of aliphatic hydroxyl groups is 6. The van der Waals surface area contributed by atoms with E-state index < -0.39 is 42.5 Å². The van der Waals surface area contributed by atoms with Crippen LogP contribution in [0.3, 0.4) is 0 Å². The Morgan fingerprint density at radius 1 is 0.750 bits per heavy atom. The van der Waals surface area contributed by atoms with Gasteiger partial charge in [-0.15, -0.1) is 0 Å². The van der Waals surface area contributed by atoms with Crippen molar-refractivity contribution in [3.05, 3.63) is 59.7 Å². The van der Waals surface area contributed by atoms with Crippen LogP contribution in [0.25, 0.3) is 0 Å². The van der Waals surface area contributed by atoms with Gasteiger partial charge in [-0.3, -0.25) is 0 Å². The average Bonchev–Trinajstić information content (AvgIpc) is 2.81. The molecule has 5 atom stereocenters. The molecule has 32 heavy (non-hydrogen) atoms. The van der Waals surface area contributed by atoms with Crippen molar-refractivity contribution in [3.63, 3.8) is 0 Å². The minimum Gasteiger partial charge on any atom is -0.494 e. The largest absolute Gasteiger partial charge is 0.494 e. The van der Waals surface area contributed by atoms with E-state index in [4.69, 9.17) is 14.6 Å². The van der Waals surface area contributed by atoms with Gasteiger partial charge in [-0.2, -0.15) is 0 Å². The first kappa shape index (κ1) is 26.1. The van der Waals surface area contributed by atoms with E-state index in [1.54, 1.807) is 55.5 Å². The van der Waals surface area contributed by atoms with Crippen molar-refractivity contribution in [1.29, 1.82) is 0 Å². The smallest absolute Gasteiger partial charge is 0.119 e. The molecule has 6 N–H and O–H groups in total. The summed E-state index contributed by atoms with van der Waals surface area (Å²) in [4.78, 5) is 0. The summed E-state index contributed by atoms with van der Waals surface area (Å²) in [5.74, 6) is 1.13. The predicted molar refractivity (Wildman–Crippen MR) is 119 cm³/mol. The molecule has 0 fully saturated rings. The standard InChI is InChI=1S/C24H34O8/c1-4-31-17-10-6-8-15(12-17)24(3,16-9-7-11-18(13-16)32-5-2)23(30)22(29)21(28)20(27)19(26)14-25/h6-13,19-23,25-30H,4-5,14H2,1-3H3/t19-,20+,21-,22-,23?/m0/s1. The Hall–Kier alpha value is -2.20. The van der Waals surface area contributed by atoms with Crippen molar-refractivity contribution in [3.8, 4) is 11.5 Å². The second-order valence-corrected chi connectivity index (χ2v) is 7.79. The Balaban J connectivity index is 2.57. The fraction of sp³-hybridized carbons (Fsp3) is 0.500. The van der Waals surface area contributed by atoms with Crippen LogP contribution in [-0.2, 0) is 5.41 Å². The minimum absolute atomic E-state index is 0.440. The topological polar surface area (TPSA) is 140 Å². The Morgan fingerprint density at radius 2 is 1.22 bits per heavy atom. The molecule has 0 spiro atoms. The number of ether oxygens (including phenoxy) is 2. The maximum Gasteiger partial charge on any atom is 0.119 e. The van der Waals surface area contributed by atoms with Crippen LogP contribution in [0, 0.1) is 0 Å². The molecule has 0 aliphatic heterocycles. The zero-order valence-corrected chi connectivity index (χ0v) is 18.6. The highest BCUT2D eigenvalue weighted by Gasteiger charge is 2.45. The molecule has 0 amide bonds. The van der Waals surface area contributed by atoms with Crippen LogP contribution in [0.4, 0.5) is 0 Å². The average molecular weight is 451 g/mol. The monoisotopic (exact) mass is 450 g/mol. The number of aliphatic hydroxyl groups excluding tert-OH is 6. The third-order valence-electron chi connectivity index (χ3n) is 5.69. The van der Waals surface area contributed by atoms with Crippen LogP contribution in [0.5, 0.6) is 11.5 Å². The maximum atomic E-state index is 11.3. The van der Waals surface area contributed by atoms with E-state index >= 15 is 0 Å². The van der Waals surface area contributed by atoms with Gasteiger partial charge in [0.2, 0.25) is 0 Å². The van der Waals surface area contributed by atoms with Crippen LogP contribution >= 0.6 is 0 Å². The molecule has 2 aromatic carbocycles. The molecular formula is C24H34O8. The van der Waals surface area contributed by atoms with Gasteiger partial charge < -0.3 is 40.1 Å². The maximum absolute atomic E-state index is 11.3.